The fourth-order valence-corrected chi connectivity index (χ4v) is 2.28. The number of nitrogens with zero attached hydrogens (tertiary/aromatic N) is 1. The van der Waals surface area contributed by atoms with E-state index in [0.29, 0.717) is 17.1 Å². The van der Waals surface area contributed by atoms with Crippen molar-refractivity contribution >= 4 is 5.97 Å². The number of benzene rings is 2. The largest absolute Gasteiger partial charge is 0.481 e. The molecule has 2 rings (SSSR count). The van der Waals surface area contributed by atoms with E-state index in [0.717, 1.165) is 16.7 Å². The van der Waals surface area contributed by atoms with Gasteiger partial charge in [-0.2, -0.15) is 5.26 Å². The third-order valence-electron chi connectivity index (χ3n) is 3.15. The Morgan fingerprint density at radius 3 is 2.23 bits per heavy atom. The highest BCUT2D eigenvalue weighted by atomic mass is 16.6. The van der Waals surface area contributed by atoms with E-state index < -0.39 is 5.97 Å². The van der Waals surface area contributed by atoms with Gasteiger partial charge in [-0.05, 0) is 56.2 Å². The van der Waals surface area contributed by atoms with Crippen LogP contribution in [0.5, 0.6) is 11.5 Å². The van der Waals surface area contributed by atoms with Crippen molar-refractivity contribution in [2.24, 2.45) is 0 Å². The second-order valence-electron chi connectivity index (χ2n) is 5.13. The molecule has 0 aliphatic carbocycles. The zero-order valence-electron chi connectivity index (χ0n) is 12.8. The number of hydrogen-bond acceptors (Lipinski definition) is 4. The maximum Gasteiger partial charge on any atom is 0.349 e. The standard InChI is InChI=1S/C18H17NO3/c1-12-8-13(2)18(14(3)9-12)21-11-17(20)22-16-6-4-15(10-19)5-7-16/h4-9H,11H2,1-3H3. The Labute approximate surface area is 129 Å². The molecule has 0 N–H and O–H groups in total. The van der Waals surface area contributed by atoms with Crippen molar-refractivity contribution in [3.8, 4) is 17.6 Å². The summed E-state index contributed by atoms with van der Waals surface area (Å²) in [4.78, 5) is 11.8. The summed E-state index contributed by atoms with van der Waals surface area (Å²) in [5.74, 6) is 0.622. The fourth-order valence-electron chi connectivity index (χ4n) is 2.28. The molecule has 2 aromatic rings. The second-order valence-corrected chi connectivity index (χ2v) is 5.13. The van der Waals surface area contributed by atoms with Crippen molar-refractivity contribution in [3.05, 3.63) is 58.7 Å². The molecule has 4 heteroatoms. The van der Waals surface area contributed by atoms with Crippen molar-refractivity contribution in [1.82, 2.24) is 0 Å². The minimum Gasteiger partial charge on any atom is -0.481 e. The van der Waals surface area contributed by atoms with Gasteiger partial charge >= 0.3 is 5.97 Å². The van der Waals surface area contributed by atoms with Crippen LogP contribution in [0.2, 0.25) is 0 Å². The number of hydrogen-bond donors (Lipinski definition) is 0. The Kier molecular flexibility index (Phi) is 4.80. The molecule has 0 bridgehead atoms. The van der Waals surface area contributed by atoms with Gasteiger partial charge in [0.2, 0.25) is 0 Å². The monoisotopic (exact) mass is 295 g/mol. The van der Waals surface area contributed by atoms with Gasteiger partial charge in [0.05, 0.1) is 11.6 Å². The van der Waals surface area contributed by atoms with Gasteiger partial charge in [-0.25, -0.2) is 4.79 Å². The Morgan fingerprint density at radius 1 is 1.09 bits per heavy atom. The molecule has 0 aliphatic rings. The first-order valence-electron chi connectivity index (χ1n) is 6.91. The van der Waals surface area contributed by atoms with Gasteiger partial charge in [0.1, 0.15) is 11.5 Å². The maximum atomic E-state index is 11.8. The predicted octanol–water partition coefficient (Wildman–Crippen LogP) is 3.47. The Bertz CT molecular complexity index is 704. The lowest BCUT2D eigenvalue weighted by Crippen LogP contribution is -2.18. The van der Waals surface area contributed by atoms with Crippen LogP contribution in [-0.4, -0.2) is 12.6 Å². The molecule has 0 spiro atoms. The predicted molar refractivity (Wildman–Crippen MR) is 82.9 cm³/mol. The minimum atomic E-state index is -0.482. The highest BCUT2D eigenvalue weighted by Gasteiger charge is 2.10. The molecule has 0 radical (unpaired) electrons. The number of aryl methyl sites for hydroxylation is 3. The van der Waals surface area contributed by atoms with Gasteiger partial charge in [0, 0.05) is 0 Å². The molecule has 0 aliphatic heterocycles. The van der Waals surface area contributed by atoms with Crippen LogP contribution in [0.15, 0.2) is 36.4 Å². The summed E-state index contributed by atoms with van der Waals surface area (Å²) in [5.41, 5.74) is 3.65. The molecule has 0 heterocycles. The minimum absolute atomic E-state index is 0.162. The highest BCUT2D eigenvalue weighted by molar-refractivity contribution is 5.74. The first-order valence-corrected chi connectivity index (χ1v) is 6.91. The highest BCUT2D eigenvalue weighted by Crippen LogP contribution is 2.24. The molecule has 2 aromatic carbocycles. The SMILES string of the molecule is Cc1cc(C)c(OCC(=O)Oc2ccc(C#N)cc2)c(C)c1. The van der Waals surface area contributed by atoms with E-state index >= 15 is 0 Å². The quantitative estimate of drug-likeness (QED) is 0.640. The van der Waals surface area contributed by atoms with E-state index in [1.165, 1.54) is 0 Å². The Morgan fingerprint density at radius 2 is 1.68 bits per heavy atom. The molecule has 0 saturated carbocycles. The van der Waals surface area contributed by atoms with Gasteiger partial charge in [-0.1, -0.05) is 17.7 Å². The van der Waals surface area contributed by atoms with Gasteiger partial charge in [-0.3, -0.25) is 0 Å². The topological polar surface area (TPSA) is 59.3 Å². The number of nitriles is 1. The molecule has 4 nitrogen and oxygen atoms in total. The lowest BCUT2D eigenvalue weighted by molar-refractivity contribution is -0.136. The molecule has 0 amide bonds. The van der Waals surface area contributed by atoms with Crippen LogP contribution in [-0.2, 0) is 4.79 Å². The van der Waals surface area contributed by atoms with Gasteiger partial charge in [-0.15, -0.1) is 0 Å². The van der Waals surface area contributed by atoms with Crippen LogP contribution in [0, 0.1) is 32.1 Å². The molecule has 112 valence electrons. The van der Waals surface area contributed by atoms with Gasteiger partial charge in [0.25, 0.3) is 0 Å². The van der Waals surface area contributed by atoms with E-state index in [1.54, 1.807) is 24.3 Å². The molecular weight excluding hydrogens is 278 g/mol. The number of rotatable bonds is 4. The first kappa shape index (κ1) is 15.6. The van der Waals surface area contributed by atoms with E-state index in [2.05, 4.69) is 0 Å². The van der Waals surface area contributed by atoms with Crippen molar-refractivity contribution in [2.75, 3.05) is 6.61 Å². The molecule has 0 aromatic heterocycles. The zero-order valence-corrected chi connectivity index (χ0v) is 12.8. The van der Waals surface area contributed by atoms with Crippen molar-refractivity contribution in [3.63, 3.8) is 0 Å². The lowest BCUT2D eigenvalue weighted by Gasteiger charge is -2.12. The normalized spacial score (nSPS) is 9.91. The summed E-state index contributed by atoms with van der Waals surface area (Å²) >= 11 is 0. The van der Waals surface area contributed by atoms with Crippen LogP contribution in [0.3, 0.4) is 0 Å². The van der Waals surface area contributed by atoms with Crippen molar-refractivity contribution in [2.45, 2.75) is 20.8 Å². The van der Waals surface area contributed by atoms with Gasteiger partial charge < -0.3 is 9.47 Å². The molecule has 0 atom stereocenters. The average Bonchev–Trinajstić information content (AvgIpc) is 2.47. The van der Waals surface area contributed by atoms with Crippen molar-refractivity contribution < 1.29 is 14.3 Å². The van der Waals surface area contributed by atoms with Crippen LogP contribution < -0.4 is 9.47 Å². The number of ether oxygens (including phenoxy) is 2. The Balaban J connectivity index is 1.97. The number of carbonyl (C=O) groups is 1. The van der Waals surface area contributed by atoms with Crippen LogP contribution in [0.1, 0.15) is 22.3 Å². The third-order valence-corrected chi connectivity index (χ3v) is 3.15. The second kappa shape index (κ2) is 6.77. The lowest BCUT2D eigenvalue weighted by atomic mass is 10.1. The van der Waals surface area contributed by atoms with E-state index in [4.69, 9.17) is 14.7 Å². The fraction of sp³-hybridized carbons (Fsp3) is 0.222. The summed E-state index contributed by atoms with van der Waals surface area (Å²) in [7, 11) is 0. The molecular formula is C18H17NO3. The van der Waals surface area contributed by atoms with E-state index in [-0.39, 0.29) is 6.61 Å². The van der Waals surface area contributed by atoms with Crippen LogP contribution >= 0.6 is 0 Å². The first-order chi connectivity index (χ1) is 10.5. The zero-order chi connectivity index (χ0) is 16.1. The molecule has 0 fully saturated rings. The number of esters is 1. The number of carbonyl (C=O) groups excluding carboxylic acids is 1. The summed E-state index contributed by atoms with van der Waals surface area (Å²) in [6, 6.07) is 12.4. The van der Waals surface area contributed by atoms with E-state index in [9.17, 15) is 4.79 Å². The summed E-state index contributed by atoms with van der Waals surface area (Å²) in [6.45, 7) is 5.75. The van der Waals surface area contributed by atoms with Crippen LogP contribution in [0.25, 0.3) is 0 Å². The smallest absolute Gasteiger partial charge is 0.349 e. The molecule has 0 unspecified atom stereocenters. The van der Waals surface area contributed by atoms with Gasteiger partial charge in [0.15, 0.2) is 6.61 Å². The molecule has 0 saturated heterocycles. The van der Waals surface area contributed by atoms with E-state index in [1.807, 2.05) is 39.0 Å². The maximum absolute atomic E-state index is 11.8. The summed E-state index contributed by atoms with van der Waals surface area (Å²) in [5, 5.41) is 8.71. The third kappa shape index (κ3) is 3.86. The van der Waals surface area contributed by atoms with Crippen LogP contribution in [0.4, 0.5) is 0 Å². The van der Waals surface area contributed by atoms with Crippen molar-refractivity contribution in [1.29, 1.82) is 5.26 Å². The summed E-state index contributed by atoms with van der Waals surface area (Å²) < 4.78 is 10.7. The summed E-state index contributed by atoms with van der Waals surface area (Å²) in [6.07, 6.45) is 0. The Hall–Kier alpha value is -2.80. The average molecular weight is 295 g/mol. The molecule has 22 heavy (non-hydrogen) atoms.